The molecule has 1 aromatic rings. The Hall–Kier alpha value is -1.75. The Labute approximate surface area is 131 Å². The van der Waals surface area contributed by atoms with E-state index in [1.165, 1.54) is 0 Å². The molecular formula is C15H22ClN3O2. The zero-order valence-corrected chi connectivity index (χ0v) is 12.7. The number of aryl methyl sites for hydroxylation is 1. The fourth-order valence-corrected chi connectivity index (χ4v) is 1.98. The third-order valence-corrected chi connectivity index (χ3v) is 3.37. The largest absolute Gasteiger partial charge is 0.399 e. The van der Waals surface area contributed by atoms with Gasteiger partial charge in [0.1, 0.15) is 0 Å². The Morgan fingerprint density at radius 3 is 2.48 bits per heavy atom. The Balaban J connectivity index is 0.00000220. The number of amides is 2. The average molecular weight is 312 g/mol. The summed E-state index contributed by atoms with van der Waals surface area (Å²) in [5.74, 6) is 0.303. The lowest BCUT2D eigenvalue weighted by atomic mass is 10.1. The van der Waals surface area contributed by atoms with E-state index in [4.69, 9.17) is 5.73 Å². The van der Waals surface area contributed by atoms with Gasteiger partial charge in [0.05, 0.1) is 0 Å². The van der Waals surface area contributed by atoms with E-state index >= 15 is 0 Å². The topological polar surface area (TPSA) is 84.2 Å². The lowest BCUT2D eigenvalue weighted by molar-refractivity contribution is -0.123. The highest BCUT2D eigenvalue weighted by atomic mass is 35.5. The standard InChI is InChI=1S/C15H21N3O2.ClH/c16-13-4-2-1-3-11(13)7-8-14(19)17-9-10-18-15(20)12-5-6-12;/h1-4,12H,5-10,16H2,(H,17,19)(H,18,20);1H. The summed E-state index contributed by atoms with van der Waals surface area (Å²) in [6.45, 7) is 0.968. The van der Waals surface area contributed by atoms with Crippen LogP contribution in [0.5, 0.6) is 0 Å². The molecule has 1 aliphatic carbocycles. The molecule has 0 aliphatic heterocycles. The van der Waals surface area contributed by atoms with Crippen LogP contribution in [0.2, 0.25) is 0 Å². The van der Waals surface area contributed by atoms with Crippen LogP contribution in [-0.4, -0.2) is 24.9 Å². The number of benzene rings is 1. The predicted molar refractivity (Wildman–Crippen MR) is 85.2 cm³/mol. The normalized spacial score (nSPS) is 13.1. The van der Waals surface area contributed by atoms with Crippen LogP contribution in [0.1, 0.15) is 24.8 Å². The van der Waals surface area contributed by atoms with Crippen molar-refractivity contribution in [1.82, 2.24) is 10.6 Å². The fourth-order valence-electron chi connectivity index (χ4n) is 1.98. The van der Waals surface area contributed by atoms with Crippen molar-refractivity contribution in [1.29, 1.82) is 0 Å². The number of rotatable bonds is 7. The predicted octanol–water partition coefficient (Wildman–Crippen LogP) is 1.27. The highest BCUT2D eigenvalue weighted by molar-refractivity contribution is 5.85. The molecule has 0 aromatic heterocycles. The first-order valence-electron chi connectivity index (χ1n) is 7.04. The van der Waals surface area contributed by atoms with E-state index in [9.17, 15) is 9.59 Å². The van der Waals surface area contributed by atoms with Gasteiger partial charge in [0, 0.05) is 31.1 Å². The highest BCUT2D eigenvalue weighted by Gasteiger charge is 2.28. The molecule has 0 bridgehead atoms. The summed E-state index contributed by atoms with van der Waals surface area (Å²) in [7, 11) is 0. The van der Waals surface area contributed by atoms with E-state index in [2.05, 4.69) is 10.6 Å². The van der Waals surface area contributed by atoms with Gasteiger partial charge in [-0.15, -0.1) is 12.4 Å². The van der Waals surface area contributed by atoms with Gasteiger partial charge in [-0.2, -0.15) is 0 Å². The van der Waals surface area contributed by atoms with Crippen molar-refractivity contribution < 1.29 is 9.59 Å². The van der Waals surface area contributed by atoms with Gasteiger partial charge in [0.15, 0.2) is 0 Å². The lowest BCUT2D eigenvalue weighted by Gasteiger charge is -2.07. The molecule has 2 amide bonds. The molecule has 1 fully saturated rings. The van der Waals surface area contributed by atoms with Crippen molar-refractivity contribution in [2.24, 2.45) is 5.92 Å². The first kappa shape index (κ1) is 17.3. The molecule has 0 saturated heterocycles. The van der Waals surface area contributed by atoms with Gasteiger partial charge in [-0.1, -0.05) is 18.2 Å². The number of halogens is 1. The number of anilines is 1. The summed E-state index contributed by atoms with van der Waals surface area (Å²) in [5.41, 5.74) is 7.53. The molecule has 2 rings (SSSR count). The number of carbonyl (C=O) groups excluding carboxylic acids is 2. The van der Waals surface area contributed by atoms with Crippen LogP contribution in [0.3, 0.4) is 0 Å². The van der Waals surface area contributed by atoms with E-state index in [1.807, 2.05) is 24.3 Å². The third-order valence-electron chi connectivity index (χ3n) is 3.37. The van der Waals surface area contributed by atoms with E-state index in [1.54, 1.807) is 0 Å². The first-order valence-corrected chi connectivity index (χ1v) is 7.04. The maximum atomic E-state index is 11.7. The molecular weight excluding hydrogens is 290 g/mol. The Morgan fingerprint density at radius 1 is 1.14 bits per heavy atom. The average Bonchev–Trinajstić information content (AvgIpc) is 3.27. The summed E-state index contributed by atoms with van der Waals surface area (Å²) >= 11 is 0. The van der Waals surface area contributed by atoms with E-state index in [-0.39, 0.29) is 30.1 Å². The van der Waals surface area contributed by atoms with Crippen molar-refractivity contribution in [2.75, 3.05) is 18.8 Å². The minimum absolute atomic E-state index is 0. The van der Waals surface area contributed by atoms with Gasteiger partial charge in [-0.05, 0) is 30.9 Å². The van der Waals surface area contributed by atoms with Gasteiger partial charge >= 0.3 is 0 Å². The van der Waals surface area contributed by atoms with Crippen LogP contribution in [-0.2, 0) is 16.0 Å². The van der Waals surface area contributed by atoms with Crippen LogP contribution in [0.4, 0.5) is 5.69 Å². The van der Waals surface area contributed by atoms with Crippen molar-refractivity contribution >= 4 is 29.9 Å². The third kappa shape index (κ3) is 6.04. The van der Waals surface area contributed by atoms with Crippen LogP contribution in [0.25, 0.3) is 0 Å². The molecule has 4 N–H and O–H groups in total. The minimum Gasteiger partial charge on any atom is -0.399 e. The van der Waals surface area contributed by atoms with Gasteiger partial charge in [0.2, 0.25) is 11.8 Å². The molecule has 0 unspecified atom stereocenters. The number of hydrogen-bond acceptors (Lipinski definition) is 3. The molecule has 1 aliphatic rings. The van der Waals surface area contributed by atoms with Gasteiger partial charge in [0.25, 0.3) is 0 Å². The van der Waals surface area contributed by atoms with E-state index < -0.39 is 0 Å². The molecule has 0 heterocycles. The van der Waals surface area contributed by atoms with Crippen LogP contribution >= 0.6 is 12.4 Å². The molecule has 0 radical (unpaired) electrons. The quantitative estimate of drug-likeness (QED) is 0.523. The number of nitrogens with one attached hydrogen (secondary N) is 2. The number of hydrogen-bond donors (Lipinski definition) is 3. The molecule has 6 heteroatoms. The number of carbonyl (C=O) groups is 2. The summed E-state index contributed by atoms with van der Waals surface area (Å²) in [6, 6.07) is 7.55. The van der Waals surface area contributed by atoms with Crippen LogP contribution in [0.15, 0.2) is 24.3 Å². The van der Waals surface area contributed by atoms with Gasteiger partial charge < -0.3 is 16.4 Å². The number of nitrogens with two attached hydrogens (primary N) is 1. The fraction of sp³-hybridized carbons (Fsp3) is 0.467. The Kier molecular flexibility index (Phi) is 7.02. The zero-order valence-electron chi connectivity index (χ0n) is 11.9. The molecule has 5 nitrogen and oxygen atoms in total. The molecule has 0 atom stereocenters. The first-order chi connectivity index (χ1) is 9.66. The molecule has 21 heavy (non-hydrogen) atoms. The summed E-state index contributed by atoms with van der Waals surface area (Å²) in [5, 5.41) is 5.60. The minimum atomic E-state index is -0.0195. The van der Waals surface area contributed by atoms with Crippen molar-refractivity contribution in [3.63, 3.8) is 0 Å². The zero-order chi connectivity index (χ0) is 14.4. The molecule has 1 aromatic carbocycles. The second kappa shape index (κ2) is 8.52. The summed E-state index contributed by atoms with van der Waals surface area (Å²) < 4.78 is 0. The number of nitrogen functional groups attached to an aromatic ring is 1. The van der Waals surface area contributed by atoms with Crippen LogP contribution in [0, 0.1) is 5.92 Å². The van der Waals surface area contributed by atoms with Gasteiger partial charge in [-0.3, -0.25) is 9.59 Å². The van der Waals surface area contributed by atoms with E-state index in [0.29, 0.717) is 25.9 Å². The molecule has 0 spiro atoms. The second-order valence-corrected chi connectivity index (χ2v) is 5.11. The van der Waals surface area contributed by atoms with Gasteiger partial charge in [-0.25, -0.2) is 0 Å². The van der Waals surface area contributed by atoms with Crippen LogP contribution < -0.4 is 16.4 Å². The Morgan fingerprint density at radius 2 is 1.81 bits per heavy atom. The number of para-hydroxylation sites is 1. The molecule has 116 valence electrons. The van der Waals surface area contributed by atoms with Crippen molar-refractivity contribution in [3.8, 4) is 0 Å². The molecule has 1 saturated carbocycles. The van der Waals surface area contributed by atoms with E-state index in [0.717, 1.165) is 24.1 Å². The van der Waals surface area contributed by atoms with Crippen molar-refractivity contribution in [3.05, 3.63) is 29.8 Å². The Bertz CT molecular complexity index is 490. The second-order valence-electron chi connectivity index (χ2n) is 5.11. The summed E-state index contributed by atoms with van der Waals surface area (Å²) in [4.78, 5) is 23.0. The monoisotopic (exact) mass is 311 g/mol. The van der Waals surface area contributed by atoms with Crippen molar-refractivity contribution in [2.45, 2.75) is 25.7 Å². The maximum Gasteiger partial charge on any atom is 0.223 e. The lowest BCUT2D eigenvalue weighted by Crippen LogP contribution is -2.35. The summed E-state index contributed by atoms with van der Waals surface area (Å²) in [6.07, 6.45) is 3.03. The highest BCUT2D eigenvalue weighted by Crippen LogP contribution is 2.28. The smallest absolute Gasteiger partial charge is 0.223 e. The SMILES string of the molecule is Cl.Nc1ccccc1CCC(=O)NCCNC(=O)C1CC1. The maximum absolute atomic E-state index is 11.7.